The van der Waals surface area contributed by atoms with Crippen LogP contribution in [0.2, 0.25) is 5.15 Å². The summed E-state index contributed by atoms with van der Waals surface area (Å²) in [7, 11) is 1.55. The second kappa shape index (κ2) is 6.68. The number of aryl methyl sites for hydroxylation is 4. The average molecular weight is 360 g/mol. The highest BCUT2D eigenvalue weighted by Crippen LogP contribution is 2.24. The zero-order valence-corrected chi connectivity index (χ0v) is 15.2. The van der Waals surface area contributed by atoms with Crippen molar-refractivity contribution in [1.29, 1.82) is 0 Å². The van der Waals surface area contributed by atoms with E-state index >= 15 is 0 Å². The van der Waals surface area contributed by atoms with Crippen LogP contribution in [0.1, 0.15) is 22.3 Å². The van der Waals surface area contributed by atoms with E-state index in [0.717, 1.165) is 22.3 Å². The van der Waals surface area contributed by atoms with E-state index in [1.165, 1.54) is 9.36 Å². The molecule has 0 bridgehead atoms. The Balaban J connectivity index is 1.97. The summed E-state index contributed by atoms with van der Waals surface area (Å²) in [5.41, 5.74) is 3.92. The predicted molar refractivity (Wildman–Crippen MR) is 94.4 cm³/mol. The van der Waals surface area contributed by atoms with Crippen LogP contribution in [-0.2, 0) is 13.7 Å². The van der Waals surface area contributed by atoms with E-state index < -0.39 is 0 Å². The first kappa shape index (κ1) is 17.2. The summed E-state index contributed by atoms with van der Waals surface area (Å²) in [4.78, 5) is 16.5. The van der Waals surface area contributed by atoms with Gasteiger partial charge in [0.2, 0.25) is 5.88 Å². The first-order valence-corrected chi connectivity index (χ1v) is 8.10. The molecule has 8 heteroatoms. The molecule has 0 unspecified atom stereocenters. The Hall–Kier alpha value is -2.67. The van der Waals surface area contributed by atoms with E-state index in [-0.39, 0.29) is 12.3 Å². The van der Waals surface area contributed by atoms with E-state index in [9.17, 15) is 4.79 Å². The zero-order valence-electron chi connectivity index (χ0n) is 14.4. The Morgan fingerprint density at radius 1 is 1.12 bits per heavy atom. The molecule has 3 aromatic rings. The fraction of sp³-hybridized carbons (Fsp3) is 0.294. The van der Waals surface area contributed by atoms with E-state index in [1.54, 1.807) is 7.05 Å². The van der Waals surface area contributed by atoms with Gasteiger partial charge < -0.3 is 4.74 Å². The monoisotopic (exact) mass is 359 g/mol. The number of pyridine rings is 1. The normalized spacial score (nSPS) is 10.9. The standard InChI is InChI=1S/C17H18ClN5O2/c1-10-6-5-7-14(23-17(24)22(4)20-21-23)13(10)9-25-16-12(3)8-11(2)15(18)19-16/h5-8H,9H2,1-4H3. The second-order valence-corrected chi connectivity index (χ2v) is 6.23. The maximum absolute atomic E-state index is 12.2. The van der Waals surface area contributed by atoms with Gasteiger partial charge in [0.1, 0.15) is 11.8 Å². The van der Waals surface area contributed by atoms with Crippen molar-refractivity contribution in [2.24, 2.45) is 7.05 Å². The maximum atomic E-state index is 12.2. The highest BCUT2D eigenvalue weighted by atomic mass is 35.5. The Kier molecular flexibility index (Phi) is 4.59. The lowest BCUT2D eigenvalue weighted by atomic mass is 10.1. The number of tetrazole rings is 1. The third kappa shape index (κ3) is 3.28. The van der Waals surface area contributed by atoms with Crippen molar-refractivity contribution in [2.45, 2.75) is 27.4 Å². The highest BCUT2D eigenvalue weighted by molar-refractivity contribution is 6.30. The molecule has 130 valence electrons. The largest absolute Gasteiger partial charge is 0.472 e. The summed E-state index contributed by atoms with van der Waals surface area (Å²) in [5, 5.41) is 8.09. The summed E-state index contributed by atoms with van der Waals surface area (Å²) in [5.74, 6) is 0.469. The molecule has 7 nitrogen and oxygen atoms in total. The Labute approximate surface area is 149 Å². The summed E-state index contributed by atoms with van der Waals surface area (Å²) in [6.07, 6.45) is 0. The van der Waals surface area contributed by atoms with Gasteiger partial charge in [0.15, 0.2) is 0 Å². The minimum Gasteiger partial charge on any atom is -0.472 e. The van der Waals surface area contributed by atoms with Crippen LogP contribution in [0.25, 0.3) is 5.69 Å². The number of benzene rings is 1. The fourth-order valence-corrected chi connectivity index (χ4v) is 2.67. The lowest BCUT2D eigenvalue weighted by Gasteiger charge is -2.14. The van der Waals surface area contributed by atoms with Crippen LogP contribution in [-0.4, -0.2) is 24.8 Å². The molecule has 2 heterocycles. The minimum atomic E-state index is -0.320. The first-order chi connectivity index (χ1) is 11.9. The molecule has 0 aliphatic heterocycles. The number of hydrogen-bond acceptors (Lipinski definition) is 5. The summed E-state index contributed by atoms with van der Waals surface area (Å²) in [6.45, 7) is 5.99. The van der Waals surface area contributed by atoms with E-state index in [2.05, 4.69) is 15.4 Å². The fourth-order valence-electron chi connectivity index (χ4n) is 2.54. The molecule has 0 aliphatic rings. The molecule has 0 fully saturated rings. The van der Waals surface area contributed by atoms with Crippen molar-refractivity contribution in [3.05, 3.63) is 62.2 Å². The number of hydrogen-bond donors (Lipinski definition) is 0. The van der Waals surface area contributed by atoms with Gasteiger partial charge in [0, 0.05) is 18.2 Å². The molecule has 0 radical (unpaired) electrons. The Morgan fingerprint density at radius 3 is 2.56 bits per heavy atom. The van der Waals surface area contributed by atoms with Crippen LogP contribution in [0, 0.1) is 20.8 Å². The van der Waals surface area contributed by atoms with Crippen molar-refractivity contribution in [3.63, 3.8) is 0 Å². The third-order valence-electron chi connectivity index (χ3n) is 3.98. The molecule has 0 spiro atoms. The summed E-state index contributed by atoms with van der Waals surface area (Å²) < 4.78 is 8.32. The minimum absolute atomic E-state index is 0.234. The molecule has 0 N–H and O–H groups in total. The van der Waals surface area contributed by atoms with Crippen molar-refractivity contribution in [3.8, 4) is 11.6 Å². The van der Waals surface area contributed by atoms with Crippen molar-refractivity contribution in [1.82, 2.24) is 24.8 Å². The van der Waals surface area contributed by atoms with E-state index in [0.29, 0.717) is 16.7 Å². The first-order valence-electron chi connectivity index (χ1n) is 7.73. The van der Waals surface area contributed by atoms with Gasteiger partial charge in [0.05, 0.1) is 5.69 Å². The number of rotatable bonds is 4. The molecule has 0 saturated heterocycles. The maximum Gasteiger partial charge on any atom is 0.368 e. The van der Waals surface area contributed by atoms with Crippen LogP contribution in [0.5, 0.6) is 5.88 Å². The summed E-state index contributed by atoms with van der Waals surface area (Å²) >= 11 is 6.09. The lowest BCUT2D eigenvalue weighted by molar-refractivity contribution is 0.290. The van der Waals surface area contributed by atoms with Crippen LogP contribution in [0.15, 0.2) is 29.1 Å². The highest BCUT2D eigenvalue weighted by Gasteiger charge is 2.14. The predicted octanol–water partition coefficient (Wildman–Crippen LogP) is 2.52. The average Bonchev–Trinajstić information content (AvgIpc) is 2.90. The Morgan fingerprint density at radius 2 is 1.88 bits per heavy atom. The van der Waals surface area contributed by atoms with Crippen molar-refractivity contribution >= 4 is 11.6 Å². The molecule has 0 aliphatic carbocycles. The molecule has 0 saturated carbocycles. The topological polar surface area (TPSA) is 74.8 Å². The lowest BCUT2D eigenvalue weighted by Crippen LogP contribution is -2.23. The van der Waals surface area contributed by atoms with Gasteiger partial charge in [-0.2, -0.15) is 9.36 Å². The quantitative estimate of drug-likeness (QED) is 0.669. The number of ether oxygens (including phenoxy) is 1. The Bertz CT molecular complexity index is 993. The van der Waals surface area contributed by atoms with Gasteiger partial charge in [0.25, 0.3) is 0 Å². The number of halogens is 1. The van der Waals surface area contributed by atoms with Crippen LogP contribution in [0.3, 0.4) is 0 Å². The zero-order chi connectivity index (χ0) is 18.1. The van der Waals surface area contributed by atoms with E-state index in [1.807, 2.05) is 45.0 Å². The van der Waals surface area contributed by atoms with Gasteiger partial charge in [-0.3, -0.25) is 0 Å². The van der Waals surface area contributed by atoms with Gasteiger partial charge in [-0.05, 0) is 54.5 Å². The van der Waals surface area contributed by atoms with Gasteiger partial charge in [-0.1, -0.05) is 23.7 Å². The molecule has 0 atom stereocenters. The van der Waals surface area contributed by atoms with Crippen LogP contribution >= 0.6 is 11.6 Å². The molecule has 3 rings (SSSR count). The summed E-state index contributed by atoms with van der Waals surface area (Å²) in [6, 6.07) is 7.55. The smallest absolute Gasteiger partial charge is 0.368 e. The molecule has 1 aromatic carbocycles. The van der Waals surface area contributed by atoms with Crippen molar-refractivity contribution < 1.29 is 4.74 Å². The molecule has 2 aromatic heterocycles. The SMILES string of the molecule is Cc1cc(C)c(OCc2c(C)cccc2-n2nnn(C)c2=O)nc1Cl. The third-order valence-corrected chi connectivity index (χ3v) is 4.37. The van der Waals surface area contributed by atoms with Crippen LogP contribution < -0.4 is 10.4 Å². The van der Waals surface area contributed by atoms with Crippen molar-refractivity contribution in [2.75, 3.05) is 0 Å². The number of aromatic nitrogens is 5. The second-order valence-electron chi connectivity index (χ2n) is 5.88. The van der Waals surface area contributed by atoms with Gasteiger partial charge >= 0.3 is 5.69 Å². The van der Waals surface area contributed by atoms with Crippen LogP contribution in [0.4, 0.5) is 0 Å². The number of nitrogens with zero attached hydrogens (tertiary/aromatic N) is 5. The molecular formula is C17H18ClN5O2. The van der Waals surface area contributed by atoms with Gasteiger partial charge in [-0.15, -0.1) is 0 Å². The van der Waals surface area contributed by atoms with E-state index in [4.69, 9.17) is 16.3 Å². The molecular weight excluding hydrogens is 342 g/mol. The molecule has 0 amide bonds. The molecule has 25 heavy (non-hydrogen) atoms. The van der Waals surface area contributed by atoms with Gasteiger partial charge in [-0.25, -0.2) is 9.78 Å².